The van der Waals surface area contributed by atoms with Gasteiger partial charge in [-0.1, -0.05) is 0 Å². The van der Waals surface area contributed by atoms with Crippen molar-refractivity contribution in [1.29, 1.82) is 15.8 Å². The molecule has 0 saturated heterocycles. The first-order valence-corrected chi connectivity index (χ1v) is 10.9. The third-order valence-electron chi connectivity index (χ3n) is 7.62. The fraction of sp³-hybridized carbons (Fsp3) is 0.870. The van der Waals surface area contributed by atoms with Crippen LogP contribution in [0.3, 0.4) is 0 Å². The van der Waals surface area contributed by atoms with Crippen molar-refractivity contribution in [2.24, 2.45) is 41.4 Å². The highest BCUT2D eigenvalue weighted by Crippen LogP contribution is 2.44. The Morgan fingerprint density at radius 3 is 1.54 bits per heavy atom. The fourth-order valence-corrected chi connectivity index (χ4v) is 5.96. The van der Waals surface area contributed by atoms with E-state index in [-0.39, 0.29) is 11.8 Å². The molecule has 26 heavy (non-hydrogen) atoms. The molecule has 0 heterocycles. The molecule has 0 aliphatic heterocycles. The van der Waals surface area contributed by atoms with Crippen LogP contribution in [0.4, 0.5) is 0 Å². The topological polar surface area (TPSA) is 71.4 Å². The lowest BCUT2D eigenvalue weighted by molar-refractivity contribution is 0.138. The predicted molar refractivity (Wildman–Crippen MR) is 101 cm³/mol. The van der Waals surface area contributed by atoms with Crippen LogP contribution in [0, 0.1) is 75.4 Å². The third-order valence-corrected chi connectivity index (χ3v) is 7.62. The van der Waals surface area contributed by atoms with Crippen LogP contribution in [0.25, 0.3) is 0 Å². The summed E-state index contributed by atoms with van der Waals surface area (Å²) >= 11 is 0. The van der Waals surface area contributed by atoms with Gasteiger partial charge in [0.15, 0.2) is 0 Å². The van der Waals surface area contributed by atoms with Crippen LogP contribution in [0.5, 0.6) is 0 Å². The van der Waals surface area contributed by atoms with Crippen molar-refractivity contribution in [3.8, 4) is 18.2 Å². The fourth-order valence-electron chi connectivity index (χ4n) is 5.96. The Hall–Kier alpha value is -1.53. The molecule has 3 saturated carbocycles. The summed E-state index contributed by atoms with van der Waals surface area (Å²) in [4.78, 5) is 0. The molecule has 0 aromatic rings. The van der Waals surface area contributed by atoms with Crippen LogP contribution in [0.2, 0.25) is 0 Å². The summed E-state index contributed by atoms with van der Waals surface area (Å²) in [7, 11) is 0. The molecule has 3 fully saturated rings. The summed E-state index contributed by atoms with van der Waals surface area (Å²) in [6.45, 7) is 0. The normalized spacial score (nSPS) is 40.7. The largest absolute Gasteiger partial charge is 0.198 e. The second-order valence-corrected chi connectivity index (χ2v) is 9.34. The number of nitriles is 3. The molecule has 3 nitrogen and oxygen atoms in total. The van der Waals surface area contributed by atoms with Gasteiger partial charge in [0.1, 0.15) is 0 Å². The molecule has 3 heteroatoms. The van der Waals surface area contributed by atoms with Gasteiger partial charge >= 0.3 is 0 Å². The lowest BCUT2D eigenvalue weighted by atomic mass is 9.66. The van der Waals surface area contributed by atoms with Crippen molar-refractivity contribution in [3.05, 3.63) is 0 Å². The minimum atomic E-state index is 0.259. The molecule has 0 amide bonds. The minimum absolute atomic E-state index is 0.259. The van der Waals surface area contributed by atoms with Crippen molar-refractivity contribution in [2.45, 2.75) is 83.5 Å². The molecular formula is C23H33N3. The highest BCUT2D eigenvalue weighted by atomic mass is 14.4. The van der Waals surface area contributed by atoms with E-state index < -0.39 is 0 Å². The van der Waals surface area contributed by atoms with Crippen molar-refractivity contribution < 1.29 is 0 Å². The van der Waals surface area contributed by atoms with E-state index >= 15 is 0 Å². The molecule has 3 rings (SSSR count). The lowest BCUT2D eigenvalue weighted by Gasteiger charge is -2.38. The predicted octanol–water partition coefficient (Wildman–Crippen LogP) is 5.98. The van der Waals surface area contributed by atoms with Gasteiger partial charge in [0.25, 0.3) is 0 Å². The Bertz CT molecular complexity index is 562. The van der Waals surface area contributed by atoms with E-state index in [2.05, 4.69) is 18.2 Å². The SMILES string of the molecule is N#CC1CCC(CC2CCC(C#N)C(CC3CCC(C#N)CC3)C2)CC1. The number of nitrogens with zero attached hydrogens (tertiary/aromatic N) is 3. The van der Waals surface area contributed by atoms with Crippen LogP contribution < -0.4 is 0 Å². The van der Waals surface area contributed by atoms with E-state index in [9.17, 15) is 5.26 Å². The maximum atomic E-state index is 9.61. The van der Waals surface area contributed by atoms with Crippen molar-refractivity contribution in [1.82, 2.24) is 0 Å². The van der Waals surface area contributed by atoms with Gasteiger partial charge in [-0.2, -0.15) is 15.8 Å². The Morgan fingerprint density at radius 2 is 1.04 bits per heavy atom. The number of hydrogen-bond donors (Lipinski definition) is 0. The Labute approximate surface area is 159 Å². The average Bonchev–Trinajstić information content (AvgIpc) is 2.69. The lowest BCUT2D eigenvalue weighted by Crippen LogP contribution is -2.29. The van der Waals surface area contributed by atoms with Gasteiger partial charge in [-0.25, -0.2) is 0 Å². The zero-order chi connectivity index (χ0) is 18.4. The molecule has 140 valence electrons. The molecular weight excluding hydrogens is 318 g/mol. The Kier molecular flexibility index (Phi) is 6.97. The van der Waals surface area contributed by atoms with Gasteiger partial charge in [0.05, 0.1) is 18.2 Å². The molecule has 0 aromatic carbocycles. The highest BCUT2D eigenvalue weighted by Gasteiger charge is 2.34. The van der Waals surface area contributed by atoms with Crippen molar-refractivity contribution in [3.63, 3.8) is 0 Å². The molecule has 0 radical (unpaired) electrons. The first-order valence-electron chi connectivity index (χ1n) is 10.9. The molecule has 3 aliphatic carbocycles. The smallest absolute Gasteiger partial charge is 0.0658 e. The van der Waals surface area contributed by atoms with Crippen LogP contribution in [-0.2, 0) is 0 Å². The van der Waals surface area contributed by atoms with Gasteiger partial charge < -0.3 is 0 Å². The number of rotatable bonds is 4. The van der Waals surface area contributed by atoms with E-state index in [0.29, 0.717) is 11.8 Å². The molecule has 0 N–H and O–H groups in total. The van der Waals surface area contributed by atoms with Gasteiger partial charge in [-0.05, 0) is 107 Å². The minimum Gasteiger partial charge on any atom is -0.198 e. The molecule has 0 bridgehead atoms. The third kappa shape index (κ3) is 5.01. The van der Waals surface area contributed by atoms with E-state index in [0.717, 1.165) is 49.9 Å². The zero-order valence-corrected chi connectivity index (χ0v) is 16.1. The van der Waals surface area contributed by atoms with Crippen molar-refractivity contribution >= 4 is 0 Å². The molecule has 3 aliphatic rings. The maximum Gasteiger partial charge on any atom is 0.0658 e. The zero-order valence-electron chi connectivity index (χ0n) is 16.1. The molecule has 0 spiro atoms. The summed E-state index contributed by atoms with van der Waals surface area (Å²) in [5.74, 6) is 3.77. The standard InChI is InChI=1S/C23H33N3/c24-14-19-5-1-17(2-6-19)11-21-9-10-22(16-26)23(13-21)12-18-3-7-20(15-25)8-4-18/h17-23H,1-13H2. The summed E-state index contributed by atoms with van der Waals surface area (Å²) in [6, 6.07) is 7.49. The summed E-state index contributed by atoms with van der Waals surface area (Å²) in [5.41, 5.74) is 0. The van der Waals surface area contributed by atoms with E-state index in [4.69, 9.17) is 10.5 Å². The van der Waals surface area contributed by atoms with E-state index in [1.807, 2.05) is 0 Å². The van der Waals surface area contributed by atoms with Crippen LogP contribution in [-0.4, -0.2) is 0 Å². The average molecular weight is 352 g/mol. The molecule has 3 unspecified atom stereocenters. The van der Waals surface area contributed by atoms with Gasteiger partial charge in [-0.3, -0.25) is 0 Å². The quantitative estimate of drug-likeness (QED) is 0.625. The number of hydrogen-bond acceptors (Lipinski definition) is 3. The highest BCUT2D eigenvalue weighted by molar-refractivity contribution is 4.96. The maximum absolute atomic E-state index is 9.61. The second-order valence-electron chi connectivity index (χ2n) is 9.34. The monoisotopic (exact) mass is 351 g/mol. The Morgan fingerprint density at radius 1 is 0.538 bits per heavy atom. The van der Waals surface area contributed by atoms with Gasteiger partial charge in [-0.15, -0.1) is 0 Å². The Balaban J connectivity index is 1.48. The first-order chi connectivity index (χ1) is 12.7. The summed E-state index contributed by atoms with van der Waals surface area (Å²) in [5, 5.41) is 27.8. The van der Waals surface area contributed by atoms with Crippen LogP contribution >= 0.6 is 0 Å². The van der Waals surface area contributed by atoms with Crippen LogP contribution in [0.15, 0.2) is 0 Å². The first kappa shape index (κ1) is 19.2. The van der Waals surface area contributed by atoms with E-state index in [1.165, 1.54) is 51.4 Å². The second kappa shape index (κ2) is 9.42. The van der Waals surface area contributed by atoms with Crippen LogP contribution in [0.1, 0.15) is 83.5 Å². The van der Waals surface area contributed by atoms with Gasteiger partial charge in [0.2, 0.25) is 0 Å². The van der Waals surface area contributed by atoms with E-state index in [1.54, 1.807) is 0 Å². The summed E-state index contributed by atoms with van der Waals surface area (Å²) in [6.07, 6.45) is 15.3. The summed E-state index contributed by atoms with van der Waals surface area (Å²) < 4.78 is 0. The van der Waals surface area contributed by atoms with Crippen molar-refractivity contribution in [2.75, 3.05) is 0 Å². The molecule has 0 aromatic heterocycles. The van der Waals surface area contributed by atoms with Gasteiger partial charge in [0, 0.05) is 17.8 Å². The molecule has 3 atom stereocenters.